The molecule has 3 heteroatoms. The van der Waals surface area contributed by atoms with Crippen molar-refractivity contribution >= 4 is 5.96 Å². The molecule has 0 bridgehead atoms. The number of nitrogens with zero attached hydrogens (tertiary/aromatic N) is 1. The first-order valence-corrected chi connectivity index (χ1v) is 3.86. The molecule has 2 rings (SSSR count). The van der Waals surface area contributed by atoms with Crippen LogP contribution in [0.4, 0.5) is 0 Å². The molecule has 56 valence electrons. The largest absolute Gasteiger partial charge is 0.370 e. The van der Waals surface area contributed by atoms with Gasteiger partial charge in [-0.1, -0.05) is 0 Å². The maximum atomic E-state index is 5.24. The van der Waals surface area contributed by atoms with Gasteiger partial charge in [0.15, 0.2) is 5.96 Å². The first kappa shape index (κ1) is 6.01. The van der Waals surface area contributed by atoms with Crippen LogP contribution >= 0.6 is 0 Å². The van der Waals surface area contributed by atoms with Crippen LogP contribution < -0.4 is 11.5 Å². The number of nitrogens with two attached hydrogens (primary N) is 2. The van der Waals surface area contributed by atoms with Crippen molar-refractivity contribution < 1.29 is 0 Å². The summed E-state index contributed by atoms with van der Waals surface area (Å²) >= 11 is 0. The van der Waals surface area contributed by atoms with Gasteiger partial charge in [-0.3, -0.25) is 4.99 Å². The maximum Gasteiger partial charge on any atom is 0.186 e. The number of hydrogen-bond donors (Lipinski definition) is 2. The lowest BCUT2D eigenvalue weighted by Crippen LogP contribution is -2.23. The molecule has 0 heterocycles. The van der Waals surface area contributed by atoms with Crippen LogP contribution in [0.15, 0.2) is 4.99 Å². The Kier molecular flexibility index (Phi) is 1.13. The molecule has 2 aliphatic rings. The van der Waals surface area contributed by atoms with E-state index in [-0.39, 0.29) is 5.96 Å². The molecule has 4 N–H and O–H groups in total. The average Bonchev–Trinajstić information content (AvgIpc) is 2.49. The van der Waals surface area contributed by atoms with Gasteiger partial charge in [0, 0.05) is 0 Å². The zero-order valence-electron chi connectivity index (χ0n) is 5.96. The monoisotopic (exact) mass is 139 g/mol. The minimum Gasteiger partial charge on any atom is -0.370 e. The highest BCUT2D eigenvalue weighted by atomic mass is 15.0. The van der Waals surface area contributed by atoms with Crippen LogP contribution in [-0.2, 0) is 0 Å². The molecule has 10 heavy (non-hydrogen) atoms. The van der Waals surface area contributed by atoms with Crippen LogP contribution in [0.5, 0.6) is 0 Å². The fourth-order valence-corrected chi connectivity index (χ4v) is 1.57. The third-order valence-electron chi connectivity index (χ3n) is 2.35. The smallest absolute Gasteiger partial charge is 0.186 e. The predicted molar refractivity (Wildman–Crippen MR) is 40.4 cm³/mol. The molecule has 0 spiro atoms. The van der Waals surface area contributed by atoms with E-state index in [9.17, 15) is 0 Å². The summed E-state index contributed by atoms with van der Waals surface area (Å²) in [6, 6.07) is 0.484. The quantitative estimate of drug-likeness (QED) is 0.419. The first-order chi connectivity index (χ1) is 4.77. The molecule has 0 aromatic rings. The van der Waals surface area contributed by atoms with Crippen molar-refractivity contribution in [3.8, 4) is 0 Å². The van der Waals surface area contributed by atoms with Crippen molar-refractivity contribution in [3.63, 3.8) is 0 Å². The highest BCUT2D eigenvalue weighted by molar-refractivity contribution is 5.76. The lowest BCUT2D eigenvalue weighted by molar-refractivity contribution is 0.686. The van der Waals surface area contributed by atoms with E-state index in [0.29, 0.717) is 6.04 Å². The van der Waals surface area contributed by atoms with Crippen LogP contribution in [0.2, 0.25) is 0 Å². The van der Waals surface area contributed by atoms with E-state index in [1.54, 1.807) is 0 Å². The third-order valence-corrected chi connectivity index (χ3v) is 2.35. The highest BCUT2D eigenvalue weighted by Gasteiger charge is 2.47. The minimum absolute atomic E-state index is 0.258. The van der Waals surface area contributed by atoms with Gasteiger partial charge in [-0.25, -0.2) is 0 Å². The number of rotatable bonds is 2. The first-order valence-electron chi connectivity index (χ1n) is 3.86. The summed E-state index contributed by atoms with van der Waals surface area (Å²) < 4.78 is 0. The molecule has 2 saturated carbocycles. The van der Waals surface area contributed by atoms with Crippen LogP contribution in [0.3, 0.4) is 0 Å². The van der Waals surface area contributed by atoms with E-state index >= 15 is 0 Å². The lowest BCUT2D eigenvalue weighted by atomic mass is 10.3. The Morgan fingerprint density at radius 2 is 2.00 bits per heavy atom. The van der Waals surface area contributed by atoms with Gasteiger partial charge in [0.05, 0.1) is 6.04 Å². The summed E-state index contributed by atoms with van der Waals surface area (Å²) in [6.45, 7) is 0. The van der Waals surface area contributed by atoms with Crippen molar-refractivity contribution in [1.29, 1.82) is 0 Å². The molecule has 3 nitrogen and oxygen atoms in total. The Morgan fingerprint density at radius 3 is 2.50 bits per heavy atom. The Hall–Kier alpha value is -0.730. The van der Waals surface area contributed by atoms with Gasteiger partial charge in [-0.05, 0) is 31.1 Å². The Bertz CT molecular complexity index is 168. The van der Waals surface area contributed by atoms with Crippen molar-refractivity contribution in [2.45, 2.75) is 25.3 Å². The van der Waals surface area contributed by atoms with Crippen molar-refractivity contribution in [3.05, 3.63) is 0 Å². The van der Waals surface area contributed by atoms with Gasteiger partial charge in [0.2, 0.25) is 0 Å². The highest BCUT2D eigenvalue weighted by Crippen LogP contribution is 2.51. The molecule has 0 radical (unpaired) electrons. The normalized spacial score (nSPS) is 37.2. The molecule has 0 aromatic carbocycles. The van der Waals surface area contributed by atoms with Gasteiger partial charge >= 0.3 is 0 Å². The summed E-state index contributed by atoms with van der Waals surface area (Å²) in [4.78, 5) is 4.10. The Labute approximate surface area is 60.5 Å². The van der Waals surface area contributed by atoms with E-state index in [1.165, 1.54) is 19.3 Å². The van der Waals surface area contributed by atoms with Crippen molar-refractivity contribution in [2.24, 2.45) is 28.3 Å². The van der Waals surface area contributed by atoms with E-state index in [1.807, 2.05) is 0 Å². The molecule has 2 atom stereocenters. The molecule has 0 aromatic heterocycles. The Balaban J connectivity index is 1.83. The van der Waals surface area contributed by atoms with E-state index in [0.717, 1.165) is 11.8 Å². The second kappa shape index (κ2) is 1.87. The zero-order chi connectivity index (χ0) is 7.14. The standard InChI is InChI=1S/C7H13N3/c8-7(9)10-6-3-5(6)4-1-2-4/h4-6H,1-3H2,(H4,8,9,10). The lowest BCUT2D eigenvalue weighted by Gasteiger charge is -1.90. The van der Waals surface area contributed by atoms with Gasteiger partial charge in [0.1, 0.15) is 0 Å². The van der Waals surface area contributed by atoms with Crippen molar-refractivity contribution in [1.82, 2.24) is 0 Å². The second-order valence-corrected chi connectivity index (χ2v) is 3.36. The van der Waals surface area contributed by atoms with E-state index in [2.05, 4.69) is 4.99 Å². The van der Waals surface area contributed by atoms with E-state index in [4.69, 9.17) is 11.5 Å². The minimum atomic E-state index is 0.258. The molecule has 2 unspecified atom stereocenters. The summed E-state index contributed by atoms with van der Waals surface area (Å²) in [5.74, 6) is 2.06. The molecule has 0 saturated heterocycles. The van der Waals surface area contributed by atoms with Crippen LogP contribution in [0, 0.1) is 11.8 Å². The number of aliphatic imine (C=N–C) groups is 1. The summed E-state index contributed by atoms with van der Waals surface area (Å²) in [5, 5.41) is 0. The Morgan fingerprint density at radius 1 is 1.30 bits per heavy atom. The number of guanidine groups is 1. The SMILES string of the molecule is NC(N)=NC1CC1C1CC1. The summed E-state index contributed by atoms with van der Waals surface area (Å²) in [6.07, 6.45) is 4.03. The topological polar surface area (TPSA) is 64.4 Å². The van der Waals surface area contributed by atoms with Crippen LogP contribution in [0.1, 0.15) is 19.3 Å². The van der Waals surface area contributed by atoms with Crippen LogP contribution in [-0.4, -0.2) is 12.0 Å². The van der Waals surface area contributed by atoms with Crippen LogP contribution in [0.25, 0.3) is 0 Å². The molecule has 2 fully saturated rings. The molecular formula is C7H13N3. The van der Waals surface area contributed by atoms with Gasteiger partial charge in [0.25, 0.3) is 0 Å². The zero-order valence-corrected chi connectivity index (χ0v) is 5.96. The van der Waals surface area contributed by atoms with Gasteiger partial charge in [-0.2, -0.15) is 0 Å². The maximum absolute atomic E-state index is 5.24. The molecule has 0 aliphatic heterocycles. The molecule has 0 amide bonds. The fourth-order valence-electron chi connectivity index (χ4n) is 1.57. The van der Waals surface area contributed by atoms with Gasteiger partial charge < -0.3 is 11.5 Å². The molecular weight excluding hydrogens is 126 g/mol. The predicted octanol–water partition coefficient (Wildman–Crippen LogP) is 0.0583. The summed E-state index contributed by atoms with van der Waals surface area (Å²) in [5.41, 5.74) is 10.5. The van der Waals surface area contributed by atoms with E-state index < -0.39 is 0 Å². The molecule has 2 aliphatic carbocycles. The second-order valence-electron chi connectivity index (χ2n) is 3.36. The fraction of sp³-hybridized carbons (Fsp3) is 0.857. The average molecular weight is 139 g/mol. The third kappa shape index (κ3) is 1.08. The summed E-state index contributed by atoms with van der Waals surface area (Å²) in [7, 11) is 0. The van der Waals surface area contributed by atoms with Crippen molar-refractivity contribution in [2.75, 3.05) is 0 Å². The van der Waals surface area contributed by atoms with Gasteiger partial charge in [-0.15, -0.1) is 0 Å². The number of hydrogen-bond acceptors (Lipinski definition) is 1.